The fourth-order valence-electron chi connectivity index (χ4n) is 2.02. The van der Waals surface area contributed by atoms with E-state index in [2.05, 4.69) is 16.0 Å². The van der Waals surface area contributed by atoms with Crippen LogP contribution in [0.5, 0.6) is 5.75 Å². The van der Waals surface area contributed by atoms with Gasteiger partial charge in [0.25, 0.3) is 0 Å². The van der Waals surface area contributed by atoms with E-state index in [0.717, 1.165) is 29.8 Å². The highest BCUT2D eigenvalue weighted by molar-refractivity contribution is 5.60. The van der Waals surface area contributed by atoms with Crippen LogP contribution in [0, 0.1) is 11.3 Å². The van der Waals surface area contributed by atoms with E-state index in [1.54, 1.807) is 13.3 Å². The molecule has 0 unspecified atom stereocenters. The van der Waals surface area contributed by atoms with Gasteiger partial charge < -0.3 is 4.74 Å². The lowest BCUT2D eigenvalue weighted by Crippen LogP contribution is -2.09. The molecule has 1 aromatic carbocycles. The van der Waals surface area contributed by atoms with Crippen molar-refractivity contribution < 1.29 is 4.74 Å². The highest BCUT2D eigenvalue weighted by Gasteiger charge is 2.47. The molecule has 0 saturated heterocycles. The summed E-state index contributed by atoms with van der Waals surface area (Å²) in [5, 5.41) is 9.19. The van der Waals surface area contributed by atoms with Gasteiger partial charge in [-0.1, -0.05) is 0 Å². The minimum atomic E-state index is -0.442. The van der Waals surface area contributed by atoms with Gasteiger partial charge in [-0.05, 0) is 43.2 Å². The van der Waals surface area contributed by atoms with Crippen LogP contribution < -0.4 is 4.74 Å². The Morgan fingerprint density at radius 2 is 1.95 bits per heavy atom. The zero-order valence-corrected chi connectivity index (χ0v) is 10.6. The van der Waals surface area contributed by atoms with Crippen LogP contribution in [0.15, 0.2) is 36.5 Å². The summed E-state index contributed by atoms with van der Waals surface area (Å²) in [6, 6.07) is 11.9. The Hall–Kier alpha value is -2.41. The maximum Gasteiger partial charge on any atom is 0.149 e. The number of benzene rings is 1. The molecule has 0 spiro atoms. The molecule has 3 rings (SSSR count). The normalized spacial score (nSPS) is 15.6. The summed E-state index contributed by atoms with van der Waals surface area (Å²) in [7, 11) is 1.64. The average Bonchev–Trinajstić information content (AvgIpc) is 3.29. The summed E-state index contributed by atoms with van der Waals surface area (Å²) >= 11 is 0. The molecule has 2 aromatic rings. The van der Waals surface area contributed by atoms with E-state index in [1.807, 2.05) is 30.3 Å². The summed E-state index contributed by atoms with van der Waals surface area (Å²) in [5.41, 5.74) is 1.40. The molecule has 1 saturated carbocycles. The van der Waals surface area contributed by atoms with E-state index in [1.165, 1.54) is 0 Å². The lowest BCUT2D eigenvalue weighted by atomic mass is 10.1. The van der Waals surface area contributed by atoms with Crippen LogP contribution in [0.1, 0.15) is 18.7 Å². The van der Waals surface area contributed by atoms with Crippen LogP contribution in [0.3, 0.4) is 0 Å². The highest BCUT2D eigenvalue weighted by atomic mass is 16.5. The second-order valence-corrected chi connectivity index (χ2v) is 4.69. The second kappa shape index (κ2) is 4.36. The van der Waals surface area contributed by atoms with Crippen molar-refractivity contribution in [2.24, 2.45) is 0 Å². The van der Waals surface area contributed by atoms with Gasteiger partial charge in [0.2, 0.25) is 0 Å². The van der Waals surface area contributed by atoms with Gasteiger partial charge in [0.1, 0.15) is 17.0 Å². The van der Waals surface area contributed by atoms with Gasteiger partial charge in [-0.15, -0.1) is 0 Å². The molecule has 0 atom stereocenters. The molecule has 19 heavy (non-hydrogen) atoms. The number of hydrogen-bond donors (Lipinski definition) is 0. The van der Waals surface area contributed by atoms with Crippen molar-refractivity contribution in [2.75, 3.05) is 7.11 Å². The molecule has 1 aliphatic carbocycles. The van der Waals surface area contributed by atoms with Gasteiger partial charge in [-0.2, -0.15) is 5.26 Å². The largest absolute Gasteiger partial charge is 0.497 e. The van der Waals surface area contributed by atoms with E-state index in [9.17, 15) is 5.26 Å². The van der Waals surface area contributed by atoms with Gasteiger partial charge >= 0.3 is 0 Å². The van der Waals surface area contributed by atoms with Crippen LogP contribution in [0.2, 0.25) is 0 Å². The van der Waals surface area contributed by atoms with Crippen molar-refractivity contribution in [3.8, 4) is 23.1 Å². The van der Waals surface area contributed by atoms with Gasteiger partial charge in [0, 0.05) is 11.8 Å². The van der Waals surface area contributed by atoms with E-state index in [0.29, 0.717) is 5.82 Å². The minimum Gasteiger partial charge on any atom is -0.497 e. The SMILES string of the molecule is COc1ccc(-c2ccnc(C3(C#N)CC3)n2)cc1. The lowest BCUT2D eigenvalue weighted by molar-refractivity contribution is 0.415. The first-order valence-corrected chi connectivity index (χ1v) is 6.17. The van der Waals surface area contributed by atoms with E-state index >= 15 is 0 Å². The van der Waals surface area contributed by atoms with Crippen molar-refractivity contribution in [3.05, 3.63) is 42.4 Å². The number of hydrogen-bond acceptors (Lipinski definition) is 4. The number of rotatable bonds is 3. The maximum absolute atomic E-state index is 9.19. The van der Waals surface area contributed by atoms with E-state index in [4.69, 9.17) is 4.74 Å². The zero-order valence-electron chi connectivity index (χ0n) is 10.6. The molecule has 4 heteroatoms. The Morgan fingerprint density at radius 3 is 2.53 bits per heavy atom. The third kappa shape index (κ3) is 2.04. The second-order valence-electron chi connectivity index (χ2n) is 4.69. The molecule has 1 aliphatic rings. The van der Waals surface area contributed by atoms with Crippen molar-refractivity contribution in [3.63, 3.8) is 0 Å². The molecule has 0 aliphatic heterocycles. The Kier molecular flexibility index (Phi) is 2.68. The van der Waals surface area contributed by atoms with Gasteiger partial charge in [0.15, 0.2) is 0 Å². The number of nitriles is 1. The molecule has 1 heterocycles. The molecular weight excluding hydrogens is 238 g/mol. The Morgan fingerprint density at radius 1 is 1.21 bits per heavy atom. The Labute approximate surface area is 111 Å². The minimum absolute atomic E-state index is 0.442. The van der Waals surface area contributed by atoms with Crippen LogP contribution in [-0.4, -0.2) is 17.1 Å². The molecule has 0 N–H and O–H groups in total. The zero-order chi connectivity index (χ0) is 13.3. The molecular formula is C15H13N3O. The lowest BCUT2D eigenvalue weighted by Gasteiger charge is -2.07. The third-order valence-electron chi connectivity index (χ3n) is 3.43. The summed E-state index contributed by atoms with van der Waals surface area (Å²) in [6.07, 6.45) is 3.43. The number of ether oxygens (including phenoxy) is 1. The molecule has 4 nitrogen and oxygen atoms in total. The molecule has 0 amide bonds. The number of aromatic nitrogens is 2. The fraction of sp³-hybridized carbons (Fsp3) is 0.267. The molecule has 0 radical (unpaired) electrons. The van der Waals surface area contributed by atoms with Crippen LogP contribution in [-0.2, 0) is 5.41 Å². The number of nitrogens with zero attached hydrogens (tertiary/aromatic N) is 3. The van der Waals surface area contributed by atoms with E-state index in [-0.39, 0.29) is 0 Å². The molecule has 1 aromatic heterocycles. The first-order valence-electron chi connectivity index (χ1n) is 6.17. The van der Waals surface area contributed by atoms with Crippen LogP contribution in [0.25, 0.3) is 11.3 Å². The van der Waals surface area contributed by atoms with Crippen molar-refractivity contribution in [1.82, 2.24) is 9.97 Å². The molecule has 94 valence electrons. The summed E-state index contributed by atoms with van der Waals surface area (Å²) in [4.78, 5) is 8.77. The average molecular weight is 251 g/mol. The summed E-state index contributed by atoms with van der Waals surface area (Å²) in [6.45, 7) is 0. The standard InChI is InChI=1S/C15H13N3O/c1-19-12-4-2-11(3-5-12)13-6-9-17-14(18-13)15(10-16)7-8-15/h2-6,9H,7-8H2,1H3. The van der Waals surface area contributed by atoms with Crippen LogP contribution in [0.4, 0.5) is 0 Å². The first-order chi connectivity index (χ1) is 9.27. The smallest absolute Gasteiger partial charge is 0.149 e. The van der Waals surface area contributed by atoms with Crippen molar-refractivity contribution in [1.29, 1.82) is 5.26 Å². The van der Waals surface area contributed by atoms with E-state index < -0.39 is 5.41 Å². The third-order valence-corrected chi connectivity index (χ3v) is 3.43. The van der Waals surface area contributed by atoms with Crippen molar-refractivity contribution in [2.45, 2.75) is 18.3 Å². The highest BCUT2D eigenvalue weighted by Crippen LogP contribution is 2.46. The topological polar surface area (TPSA) is 58.8 Å². The molecule has 0 bridgehead atoms. The monoisotopic (exact) mass is 251 g/mol. The quantitative estimate of drug-likeness (QED) is 0.841. The van der Waals surface area contributed by atoms with Gasteiger partial charge in [0.05, 0.1) is 18.9 Å². The first kappa shape index (κ1) is 11.7. The maximum atomic E-state index is 9.19. The van der Waals surface area contributed by atoms with Gasteiger partial charge in [-0.25, -0.2) is 9.97 Å². The van der Waals surface area contributed by atoms with Crippen molar-refractivity contribution >= 4 is 0 Å². The predicted octanol–water partition coefficient (Wildman–Crippen LogP) is 2.71. The van der Waals surface area contributed by atoms with Gasteiger partial charge in [-0.3, -0.25) is 0 Å². The predicted molar refractivity (Wildman–Crippen MR) is 70.5 cm³/mol. The van der Waals surface area contributed by atoms with Crippen LogP contribution >= 0.6 is 0 Å². The fourth-order valence-corrected chi connectivity index (χ4v) is 2.02. The summed E-state index contributed by atoms with van der Waals surface area (Å²) in [5.74, 6) is 1.46. The molecule has 1 fully saturated rings. The number of methoxy groups -OCH3 is 1. The Balaban J connectivity index is 1.97. The Bertz CT molecular complexity index is 639. The summed E-state index contributed by atoms with van der Waals surface area (Å²) < 4.78 is 5.13.